The highest BCUT2D eigenvalue weighted by molar-refractivity contribution is 7.09. The van der Waals surface area contributed by atoms with Crippen molar-refractivity contribution >= 4 is 23.0 Å². The zero-order valence-corrected chi connectivity index (χ0v) is 17.6. The molecule has 1 fully saturated rings. The Balaban J connectivity index is 1.53. The van der Waals surface area contributed by atoms with Crippen LogP contribution < -0.4 is 15.5 Å². The number of piperidine rings is 1. The van der Waals surface area contributed by atoms with Crippen LogP contribution in [0.3, 0.4) is 0 Å². The van der Waals surface area contributed by atoms with Crippen molar-refractivity contribution in [3.63, 3.8) is 0 Å². The van der Waals surface area contributed by atoms with Crippen LogP contribution in [0.5, 0.6) is 0 Å². The lowest BCUT2D eigenvalue weighted by atomic mass is 10.0. The van der Waals surface area contributed by atoms with Gasteiger partial charge in [0.05, 0.1) is 17.2 Å². The first-order valence-electron chi connectivity index (χ1n) is 9.78. The molecular formula is C21H31N5S. The summed E-state index contributed by atoms with van der Waals surface area (Å²) >= 11 is 1.73. The standard InChI is InChI=1S/C21H31N5S/c1-15(2)20-24-18(14-27-20)12-23-21(22-4)25-17-6-5-11-26(13-17)19-9-7-16(3)8-10-19/h7-10,14-15,17H,5-6,11-13H2,1-4H3,(H2,22,23,25). The van der Waals surface area contributed by atoms with E-state index in [4.69, 9.17) is 0 Å². The number of aliphatic imine (C=N–C) groups is 1. The lowest BCUT2D eigenvalue weighted by Crippen LogP contribution is -2.51. The van der Waals surface area contributed by atoms with Crippen molar-refractivity contribution in [2.75, 3.05) is 25.0 Å². The van der Waals surface area contributed by atoms with Gasteiger partial charge in [-0.25, -0.2) is 4.98 Å². The van der Waals surface area contributed by atoms with Crippen LogP contribution in [0, 0.1) is 6.92 Å². The molecule has 1 aromatic carbocycles. The molecule has 2 aromatic rings. The molecule has 27 heavy (non-hydrogen) atoms. The Morgan fingerprint density at radius 1 is 1.33 bits per heavy atom. The molecular weight excluding hydrogens is 354 g/mol. The van der Waals surface area contributed by atoms with E-state index in [1.807, 2.05) is 7.05 Å². The molecule has 1 aromatic heterocycles. The summed E-state index contributed by atoms with van der Waals surface area (Å²) in [5.74, 6) is 1.33. The van der Waals surface area contributed by atoms with Crippen LogP contribution in [0.1, 0.15) is 48.9 Å². The second-order valence-electron chi connectivity index (χ2n) is 7.52. The zero-order chi connectivity index (χ0) is 19.2. The largest absolute Gasteiger partial charge is 0.369 e. The van der Waals surface area contributed by atoms with Gasteiger partial charge in [-0.2, -0.15) is 0 Å². The Bertz CT molecular complexity index is 750. The molecule has 1 atom stereocenters. The summed E-state index contributed by atoms with van der Waals surface area (Å²) in [4.78, 5) is 11.5. The number of thiazole rings is 1. The highest BCUT2D eigenvalue weighted by atomic mass is 32.1. The number of aryl methyl sites for hydroxylation is 1. The fourth-order valence-corrected chi connectivity index (χ4v) is 4.15. The van der Waals surface area contributed by atoms with Crippen LogP contribution in [0.4, 0.5) is 5.69 Å². The third kappa shape index (κ3) is 5.45. The fraction of sp³-hybridized carbons (Fsp3) is 0.524. The van der Waals surface area contributed by atoms with E-state index in [0.29, 0.717) is 18.5 Å². The number of aromatic nitrogens is 1. The molecule has 0 radical (unpaired) electrons. The molecule has 1 saturated heterocycles. The summed E-state index contributed by atoms with van der Waals surface area (Å²) in [6.45, 7) is 9.31. The predicted octanol–water partition coefficient (Wildman–Crippen LogP) is 3.91. The maximum Gasteiger partial charge on any atom is 0.191 e. The second-order valence-corrected chi connectivity index (χ2v) is 8.41. The number of benzene rings is 1. The van der Waals surface area contributed by atoms with Gasteiger partial charge in [0, 0.05) is 43.2 Å². The van der Waals surface area contributed by atoms with Gasteiger partial charge >= 0.3 is 0 Å². The topological polar surface area (TPSA) is 52.6 Å². The third-order valence-corrected chi connectivity index (χ3v) is 6.08. The van der Waals surface area contributed by atoms with Gasteiger partial charge in [0.25, 0.3) is 0 Å². The summed E-state index contributed by atoms with van der Waals surface area (Å²) in [5.41, 5.74) is 3.69. The molecule has 1 aliphatic heterocycles. The quantitative estimate of drug-likeness (QED) is 0.605. The van der Waals surface area contributed by atoms with E-state index in [9.17, 15) is 0 Å². The van der Waals surface area contributed by atoms with Crippen molar-refractivity contribution in [1.29, 1.82) is 0 Å². The van der Waals surface area contributed by atoms with E-state index in [2.05, 4.69) is 75.9 Å². The van der Waals surface area contributed by atoms with Crippen molar-refractivity contribution in [3.05, 3.63) is 45.9 Å². The summed E-state index contributed by atoms with van der Waals surface area (Å²) < 4.78 is 0. The minimum Gasteiger partial charge on any atom is -0.369 e. The molecule has 0 amide bonds. The van der Waals surface area contributed by atoms with Gasteiger partial charge in [0.15, 0.2) is 5.96 Å². The highest BCUT2D eigenvalue weighted by Crippen LogP contribution is 2.21. The number of guanidine groups is 1. The molecule has 6 heteroatoms. The lowest BCUT2D eigenvalue weighted by molar-refractivity contribution is 0.468. The SMILES string of the molecule is CN=C(NCc1csc(C(C)C)n1)NC1CCCN(c2ccc(C)cc2)C1. The van der Waals surface area contributed by atoms with Crippen LogP contribution in [0.25, 0.3) is 0 Å². The zero-order valence-electron chi connectivity index (χ0n) is 16.8. The normalized spacial score (nSPS) is 18.0. The maximum absolute atomic E-state index is 4.69. The van der Waals surface area contributed by atoms with Crippen LogP contribution in [-0.4, -0.2) is 37.1 Å². The number of nitrogens with zero attached hydrogens (tertiary/aromatic N) is 3. The summed E-state index contributed by atoms with van der Waals surface area (Å²) in [6, 6.07) is 9.21. The average molecular weight is 386 g/mol. The van der Waals surface area contributed by atoms with E-state index < -0.39 is 0 Å². The maximum atomic E-state index is 4.69. The first kappa shape index (κ1) is 19.7. The van der Waals surface area contributed by atoms with Crippen LogP contribution in [0.2, 0.25) is 0 Å². The molecule has 0 aliphatic carbocycles. The van der Waals surface area contributed by atoms with Crippen molar-refractivity contribution in [2.45, 2.75) is 52.1 Å². The molecule has 0 spiro atoms. The Labute approximate surface area is 166 Å². The molecule has 2 heterocycles. The first-order valence-corrected chi connectivity index (χ1v) is 10.7. The molecule has 146 valence electrons. The van der Waals surface area contributed by atoms with Gasteiger partial charge in [-0.3, -0.25) is 4.99 Å². The van der Waals surface area contributed by atoms with Crippen LogP contribution in [-0.2, 0) is 6.54 Å². The minimum atomic E-state index is 0.396. The van der Waals surface area contributed by atoms with Crippen molar-refractivity contribution in [3.8, 4) is 0 Å². The molecule has 3 rings (SSSR count). The number of rotatable bonds is 5. The van der Waals surface area contributed by atoms with Gasteiger partial charge < -0.3 is 15.5 Å². The van der Waals surface area contributed by atoms with E-state index in [1.54, 1.807) is 11.3 Å². The molecule has 0 saturated carbocycles. The summed E-state index contributed by atoms with van der Waals surface area (Å²) in [6.07, 6.45) is 2.35. The third-order valence-electron chi connectivity index (χ3n) is 4.89. The molecule has 5 nitrogen and oxygen atoms in total. The predicted molar refractivity (Wildman–Crippen MR) is 116 cm³/mol. The van der Waals surface area contributed by atoms with E-state index >= 15 is 0 Å². The van der Waals surface area contributed by atoms with Gasteiger partial charge in [-0.05, 0) is 31.9 Å². The molecule has 2 N–H and O–H groups in total. The van der Waals surface area contributed by atoms with Gasteiger partial charge in [0.2, 0.25) is 0 Å². The van der Waals surface area contributed by atoms with Crippen molar-refractivity contribution in [1.82, 2.24) is 15.6 Å². The van der Waals surface area contributed by atoms with Gasteiger partial charge in [-0.1, -0.05) is 31.5 Å². The van der Waals surface area contributed by atoms with Crippen molar-refractivity contribution in [2.24, 2.45) is 4.99 Å². The Kier molecular flexibility index (Phi) is 6.72. The van der Waals surface area contributed by atoms with E-state index in [-0.39, 0.29) is 0 Å². The molecule has 1 unspecified atom stereocenters. The Morgan fingerprint density at radius 2 is 2.11 bits per heavy atom. The smallest absolute Gasteiger partial charge is 0.191 e. The van der Waals surface area contributed by atoms with Crippen molar-refractivity contribution < 1.29 is 0 Å². The highest BCUT2D eigenvalue weighted by Gasteiger charge is 2.21. The summed E-state index contributed by atoms with van der Waals surface area (Å²) in [7, 11) is 1.83. The average Bonchev–Trinajstić information content (AvgIpc) is 3.15. The summed E-state index contributed by atoms with van der Waals surface area (Å²) in [5, 5.41) is 10.3. The van der Waals surface area contributed by atoms with E-state index in [1.165, 1.54) is 22.7 Å². The van der Waals surface area contributed by atoms with Crippen LogP contribution >= 0.6 is 11.3 Å². The first-order chi connectivity index (χ1) is 13.0. The lowest BCUT2D eigenvalue weighted by Gasteiger charge is -2.35. The Hall–Kier alpha value is -2.08. The number of hydrogen-bond donors (Lipinski definition) is 2. The number of nitrogens with one attached hydrogen (secondary N) is 2. The monoisotopic (exact) mass is 385 g/mol. The van der Waals surface area contributed by atoms with Gasteiger partial charge in [0.1, 0.15) is 0 Å². The minimum absolute atomic E-state index is 0.396. The fourth-order valence-electron chi connectivity index (χ4n) is 3.32. The second kappa shape index (κ2) is 9.22. The Morgan fingerprint density at radius 3 is 2.78 bits per heavy atom. The molecule has 0 bridgehead atoms. The van der Waals surface area contributed by atoms with E-state index in [0.717, 1.165) is 31.2 Å². The number of anilines is 1. The number of hydrogen-bond acceptors (Lipinski definition) is 4. The van der Waals surface area contributed by atoms with Gasteiger partial charge in [-0.15, -0.1) is 11.3 Å². The molecule has 1 aliphatic rings. The van der Waals surface area contributed by atoms with Crippen LogP contribution in [0.15, 0.2) is 34.6 Å².